The van der Waals surface area contributed by atoms with Crippen molar-refractivity contribution in [2.75, 3.05) is 5.32 Å². The summed E-state index contributed by atoms with van der Waals surface area (Å²) in [5, 5.41) is 10.1. The molecule has 0 saturated heterocycles. The van der Waals surface area contributed by atoms with E-state index in [1.165, 1.54) is 12.1 Å². The van der Waals surface area contributed by atoms with Crippen LogP contribution in [0.1, 0.15) is 11.7 Å². The number of nitrogens with zero attached hydrogens (tertiary/aromatic N) is 4. The van der Waals surface area contributed by atoms with Gasteiger partial charge in [-0.2, -0.15) is 5.10 Å². The van der Waals surface area contributed by atoms with Gasteiger partial charge in [-0.3, -0.25) is 15.0 Å². The van der Waals surface area contributed by atoms with Crippen LogP contribution in [-0.2, 0) is 0 Å². The predicted octanol–water partition coefficient (Wildman–Crippen LogP) is 2.85. The van der Waals surface area contributed by atoms with Crippen molar-refractivity contribution in [1.29, 1.82) is 0 Å². The fourth-order valence-corrected chi connectivity index (χ4v) is 3.29. The molecule has 1 aliphatic heterocycles. The molecule has 0 spiro atoms. The number of aromatic amines is 1. The summed E-state index contributed by atoms with van der Waals surface area (Å²) in [5.41, 5.74) is 9.89. The van der Waals surface area contributed by atoms with E-state index in [2.05, 4.69) is 25.5 Å². The summed E-state index contributed by atoms with van der Waals surface area (Å²) < 4.78 is 15.6. The van der Waals surface area contributed by atoms with Gasteiger partial charge in [0.1, 0.15) is 5.82 Å². The van der Waals surface area contributed by atoms with Gasteiger partial charge in [0.2, 0.25) is 5.95 Å². The van der Waals surface area contributed by atoms with Gasteiger partial charge in [-0.15, -0.1) is 0 Å². The zero-order valence-corrected chi connectivity index (χ0v) is 13.5. The lowest BCUT2D eigenvalue weighted by Crippen LogP contribution is -2.31. The second-order valence-corrected chi connectivity index (χ2v) is 6.02. The molecule has 0 fully saturated rings. The van der Waals surface area contributed by atoms with Crippen LogP contribution in [0.2, 0.25) is 0 Å². The first-order valence-corrected chi connectivity index (χ1v) is 8.07. The number of hydrogen-bond acceptors (Lipinski definition) is 5. The van der Waals surface area contributed by atoms with Crippen molar-refractivity contribution >= 4 is 22.9 Å². The minimum absolute atomic E-state index is 0.268. The van der Waals surface area contributed by atoms with E-state index < -0.39 is 6.17 Å². The lowest BCUT2D eigenvalue weighted by molar-refractivity contribution is 0.624. The molecule has 0 aliphatic carbocycles. The molecule has 26 heavy (non-hydrogen) atoms. The topological polar surface area (TPSA) is 96.9 Å². The molecular formula is C18H14FN7. The van der Waals surface area contributed by atoms with Crippen molar-refractivity contribution in [3.8, 4) is 11.3 Å². The van der Waals surface area contributed by atoms with Gasteiger partial charge in [-0.25, -0.2) is 14.4 Å². The number of guanidine groups is 1. The van der Waals surface area contributed by atoms with Crippen molar-refractivity contribution in [2.24, 2.45) is 10.7 Å². The van der Waals surface area contributed by atoms with Crippen LogP contribution in [0.5, 0.6) is 0 Å². The minimum atomic E-state index is -0.462. The highest BCUT2D eigenvalue weighted by Gasteiger charge is 2.28. The number of rotatable bonds is 2. The third-order valence-electron chi connectivity index (χ3n) is 4.40. The van der Waals surface area contributed by atoms with Gasteiger partial charge in [-0.05, 0) is 24.3 Å². The Balaban J connectivity index is 1.73. The Morgan fingerprint density at radius 1 is 1.12 bits per heavy atom. The number of nitrogens with one attached hydrogen (secondary N) is 2. The first kappa shape index (κ1) is 14.6. The molecule has 0 radical (unpaired) electrons. The van der Waals surface area contributed by atoms with E-state index in [0.29, 0.717) is 17.2 Å². The van der Waals surface area contributed by atoms with Gasteiger partial charge in [-0.1, -0.05) is 24.3 Å². The quantitative estimate of drug-likeness (QED) is 0.519. The Bertz CT molecular complexity index is 1160. The first-order valence-electron chi connectivity index (χ1n) is 8.07. The predicted molar refractivity (Wildman–Crippen MR) is 97.1 cm³/mol. The molecule has 8 heteroatoms. The summed E-state index contributed by atoms with van der Waals surface area (Å²) in [6.07, 6.45) is 1.22. The van der Waals surface area contributed by atoms with Crippen LogP contribution >= 0.6 is 0 Å². The number of imidazole rings is 1. The molecule has 1 atom stereocenters. The van der Waals surface area contributed by atoms with E-state index in [-0.39, 0.29) is 11.8 Å². The van der Waals surface area contributed by atoms with E-state index in [9.17, 15) is 4.39 Å². The van der Waals surface area contributed by atoms with E-state index in [4.69, 9.17) is 5.73 Å². The summed E-state index contributed by atoms with van der Waals surface area (Å²) in [7, 11) is 0. The molecule has 1 aliphatic rings. The van der Waals surface area contributed by atoms with Crippen LogP contribution in [0.3, 0.4) is 0 Å². The molecule has 0 bridgehead atoms. The Kier molecular flexibility index (Phi) is 3.05. The fourth-order valence-electron chi connectivity index (χ4n) is 3.29. The van der Waals surface area contributed by atoms with Crippen LogP contribution in [0, 0.1) is 5.82 Å². The third kappa shape index (κ3) is 2.16. The van der Waals surface area contributed by atoms with Crippen molar-refractivity contribution in [3.63, 3.8) is 0 Å². The number of H-pyrrole nitrogens is 1. The summed E-state index contributed by atoms with van der Waals surface area (Å²) in [5.74, 6) is 0.560. The van der Waals surface area contributed by atoms with Crippen LogP contribution in [0.15, 0.2) is 59.7 Å². The van der Waals surface area contributed by atoms with E-state index in [1.807, 2.05) is 34.9 Å². The largest absolute Gasteiger partial charge is 0.370 e. The number of nitrogens with two attached hydrogens (primary N) is 1. The monoisotopic (exact) mass is 347 g/mol. The second-order valence-electron chi connectivity index (χ2n) is 6.02. The molecule has 4 N–H and O–H groups in total. The molecule has 2 aromatic carbocycles. The van der Waals surface area contributed by atoms with Crippen LogP contribution in [0.4, 0.5) is 10.3 Å². The van der Waals surface area contributed by atoms with Gasteiger partial charge in [0.25, 0.3) is 0 Å². The maximum absolute atomic E-state index is 13.7. The molecule has 1 unspecified atom stereocenters. The maximum Gasteiger partial charge on any atom is 0.212 e. The number of aromatic nitrogens is 4. The van der Waals surface area contributed by atoms with Gasteiger partial charge in [0.05, 0.1) is 22.9 Å². The van der Waals surface area contributed by atoms with Crippen LogP contribution in [-0.4, -0.2) is 25.7 Å². The lowest BCUT2D eigenvalue weighted by atomic mass is 10.1. The molecule has 2 aromatic heterocycles. The van der Waals surface area contributed by atoms with Crippen LogP contribution in [0.25, 0.3) is 22.3 Å². The van der Waals surface area contributed by atoms with Crippen molar-refractivity contribution in [2.45, 2.75) is 6.17 Å². The highest BCUT2D eigenvalue weighted by molar-refractivity contribution is 5.94. The van der Waals surface area contributed by atoms with Gasteiger partial charge >= 0.3 is 0 Å². The van der Waals surface area contributed by atoms with E-state index >= 15 is 0 Å². The summed E-state index contributed by atoms with van der Waals surface area (Å²) in [4.78, 5) is 9.13. The second kappa shape index (κ2) is 5.41. The number of para-hydroxylation sites is 2. The molecule has 128 valence electrons. The Morgan fingerprint density at radius 2 is 2.00 bits per heavy atom. The summed E-state index contributed by atoms with van der Waals surface area (Å²) >= 11 is 0. The van der Waals surface area contributed by atoms with Crippen molar-refractivity contribution in [1.82, 2.24) is 19.7 Å². The van der Waals surface area contributed by atoms with Gasteiger partial charge in [0, 0.05) is 11.1 Å². The van der Waals surface area contributed by atoms with Gasteiger partial charge < -0.3 is 5.73 Å². The third-order valence-corrected chi connectivity index (χ3v) is 4.40. The highest BCUT2D eigenvalue weighted by Crippen LogP contribution is 2.36. The van der Waals surface area contributed by atoms with E-state index in [1.54, 1.807) is 12.3 Å². The average molecular weight is 347 g/mol. The Hall–Kier alpha value is -3.68. The Labute approximate surface area is 147 Å². The molecule has 3 heterocycles. The number of halogens is 1. The average Bonchev–Trinajstić information content (AvgIpc) is 3.25. The van der Waals surface area contributed by atoms with Crippen LogP contribution < -0.4 is 11.1 Å². The summed E-state index contributed by atoms with van der Waals surface area (Å²) in [6, 6.07) is 14.1. The number of anilines is 1. The fraction of sp³-hybridized carbons (Fsp3) is 0.0556. The zero-order chi connectivity index (χ0) is 17.7. The summed E-state index contributed by atoms with van der Waals surface area (Å²) in [6.45, 7) is 0. The number of fused-ring (bicyclic) bond motifs is 3. The lowest BCUT2D eigenvalue weighted by Gasteiger charge is -2.23. The van der Waals surface area contributed by atoms with Crippen molar-refractivity contribution in [3.05, 3.63) is 66.1 Å². The maximum atomic E-state index is 13.7. The highest BCUT2D eigenvalue weighted by atomic mass is 19.1. The molecule has 5 rings (SSSR count). The molecule has 0 saturated carbocycles. The number of benzene rings is 2. The molecule has 0 amide bonds. The minimum Gasteiger partial charge on any atom is -0.370 e. The molecule has 7 nitrogen and oxygen atoms in total. The Morgan fingerprint density at radius 3 is 2.88 bits per heavy atom. The molecule has 4 aromatic rings. The number of hydrogen-bond donors (Lipinski definition) is 3. The smallest absolute Gasteiger partial charge is 0.212 e. The normalized spacial score (nSPS) is 16.2. The van der Waals surface area contributed by atoms with Gasteiger partial charge in [0.15, 0.2) is 12.1 Å². The number of aliphatic imine (C=N–C) groups is 1. The SMILES string of the molecule is NC1=NC(c2cn[nH]c2-c2cccc(F)c2)n2c(nc3ccccc32)N1. The first-order chi connectivity index (χ1) is 12.7. The van der Waals surface area contributed by atoms with Crippen molar-refractivity contribution < 1.29 is 4.39 Å². The standard InChI is InChI=1S/C18H14FN7/c19-11-5-3-4-10(8-11)15-12(9-21-25-15)16-23-17(20)24-18-22-13-6-1-2-7-14(13)26(16)18/h1-9,16H,(H,21,25)(H3,20,22,23,24). The zero-order valence-electron chi connectivity index (χ0n) is 13.5. The van der Waals surface area contributed by atoms with E-state index in [0.717, 1.165) is 16.6 Å². The molecular weight excluding hydrogens is 333 g/mol.